The third-order valence-electron chi connectivity index (χ3n) is 2.75. The SMILES string of the molecule is O=C1CC(Cc2ccc(O)cc2O)C(=O)N1O. The maximum atomic E-state index is 11.4. The molecule has 1 fully saturated rings. The minimum absolute atomic E-state index is 0.0738. The second kappa shape index (κ2) is 4.06. The first kappa shape index (κ1) is 11.4. The number of rotatable bonds is 2. The van der Waals surface area contributed by atoms with Crippen molar-refractivity contribution in [3.8, 4) is 11.5 Å². The zero-order valence-corrected chi connectivity index (χ0v) is 8.83. The first-order chi connectivity index (χ1) is 7.99. The molecule has 1 aromatic rings. The van der Waals surface area contributed by atoms with Crippen LogP contribution in [0, 0.1) is 5.92 Å². The molecule has 1 heterocycles. The molecule has 6 nitrogen and oxygen atoms in total. The molecule has 0 radical (unpaired) electrons. The lowest BCUT2D eigenvalue weighted by Crippen LogP contribution is -2.27. The van der Waals surface area contributed by atoms with Crippen molar-refractivity contribution in [2.45, 2.75) is 12.8 Å². The molecule has 1 saturated heterocycles. The van der Waals surface area contributed by atoms with Crippen molar-refractivity contribution in [1.82, 2.24) is 5.06 Å². The fourth-order valence-electron chi connectivity index (χ4n) is 1.83. The number of nitrogens with zero attached hydrogens (tertiary/aromatic N) is 1. The highest BCUT2D eigenvalue weighted by molar-refractivity contribution is 6.02. The number of benzene rings is 1. The van der Waals surface area contributed by atoms with E-state index in [-0.39, 0.29) is 29.4 Å². The maximum absolute atomic E-state index is 11.4. The summed E-state index contributed by atoms with van der Waals surface area (Å²) < 4.78 is 0. The number of hydroxylamine groups is 2. The zero-order chi connectivity index (χ0) is 12.6. The van der Waals surface area contributed by atoms with Gasteiger partial charge in [0.05, 0.1) is 5.92 Å². The number of hydrogen-bond acceptors (Lipinski definition) is 5. The second-order valence-corrected chi connectivity index (χ2v) is 3.96. The fraction of sp³-hybridized carbons (Fsp3) is 0.273. The van der Waals surface area contributed by atoms with Crippen LogP contribution < -0.4 is 0 Å². The molecule has 0 aliphatic carbocycles. The van der Waals surface area contributed by atoms with E-state index in [1.807, 2.05) is 0 Å². The van der Waals surface area contributed by atoms with Crippen molar-refractivity contribution in [2.75, 3.05) is 0 Å². The highest BCUT2D eigenvalue weighted by Crippen LogP contribution is 2.28. The van der Waals surface area contributed by atoms with E-state index < -0.39 is 17.7 Å². The van der Waals surface area contributed by atoms with Gasteiger partial charge in [0.1, 0.15) is 11.5 Å². The molecule has 17 heavy (non-hydrogen) atoms. The summed E-state index contributed by atoms with van der Waals surface area (Å²) in [4.78, 5) is 22.5. The minimum Gasteiger partial charge on any atom is -0.508 e. The summed E-state index contributed by atoms with van der Waals surface area (Å²) in [5.74, 6) is -2.19. The normalized spacial score (nSPS) is 20.1. The number of phenols is 2. The zero-order valence-electron chi connectivity index (χ0n) is 8.83. The molecule has 1 aromatic carbocycles. The Morgan fingerprint density at radius 1 is 1.29 bits per heavy atom. The van der Waals surface area contributed by atoms with Gasteiger partial charge < -0.3 is 10.2 Å². The molecule has 6 heteroatoms. The van der Waals surface area contributed by atoms with Gasteiger partial charge in [0.2, 0.25) is 0 Å². The van der Waals surface area contributed by atoms with Crippen LogP contribution in [0.5, 0.6) is 11.5 Å². The van der Waals surface area contributed by atoms with Crippen molar-refractivity contribution in [3.05, 3.63) is 23.8 Å². The number of imide groups is 1. The highest BCUT2D eigenvalue weighted by Gasteiger charge is 2.38. The van der Waals surface area contributed by atoms with Gasteiger partial charge in [0, 0.05) is 12.5 Å². The third-order valence-corrected chi connectivity index (χ3v) is 2.75. The molecule has 0 aromatic heterocycles. The molecule has 0 saturated carbocycles. The summed E-state index contributed by atoms with van der Waals surface area (Å²) in [7, 11) is 0. The number of carbonyl (C=O) groups is 2. The van der Waals surface area contributed by atoms with Gasteiger partial charge >= 0.3 is 0 Å². The number of phenolic OH excluding ortho intramolecular Hbond substituents is 2. The summed E-state index contributed by atoms with van der Waals surface area (Å²) in [6.45, 7) is 0. The Kier molecular flexibility index (Phi) is 2.72. The number of aromatic hydroxyl groups is 2. The molecule has 2 rings (SSSR count). The average Bonchev–Trinajstić information content (AvgIpc) is 2.50. The first-order valence-corrected chi connectivity index (χ1v) is 5.05. The van der Waals surface area contributed by atoms with Gasteiger partial charge in [-0.2, -0.15) is 5.06 Å². The predicted octanol–water partition coefficient (Wildman–Crippen LogP) is 0.405. The summed E-state index contributed by atoms with van der Waals surface area (Å²) in [6, 6.07) is 4.02. The second-order valence-electron chi connectivity index (χ2n) is 3.96. The third kappa shape index (κ3) is 2.07. The molecule has 0 spiro atoms. The first-order valence-electron chi connectivity index (χ1n) is 5.05. The Bertz CT molecular complexity index is 485. The van der Waals surface area contributed by atoms with E-state index in [4.69, 9.17) is 10.3 Å². The average molecular weight is 237 g/mol. The van der Waals surface area contributed by atoms with Gasteiger partial charge in [-0.05, 0) is 18.1 Å². The molecular formula is C11H11NO5. The number of hydrogen-bond donors (Lipinski definition) is 3. The molecule has 1 atom stereocenters. The van der Waals surface area contributed by atoms with Crippen molar-refractivity contribution >= 4 is 11.8 Å². The lowest BCUT2D eigenvalue weighted by atomic mass is 9.97. The van der Waals surface area contributed by atoms with Gasteiger partial charge in [0.15, 0.2) is 0 Å². The van der Waals surface area contributed by atoms with Crippen molar-refractivity contribution < 1.29 is 25.0 Å². The van der Waals surface area contributed by atoms with Crippen LogP contribution in [0.1, 0.15) is 12.0 Å². The Labute approximate surface area is 96.7 Å². The van der Waals surface area contributed by atoms with Crippen LogP contribution in [-0.2, 0) is 16.0 Å². The van der Waals surface area contributed by atoms with E-state index in [2.05, 4.69) is 0 Å². The van der Waals surface area contributed by atoms with Gasteiger partial charge in [0.25, 0.3) is 11.8 Å². The summed E-state index contributed by atoms with van der Waals surface area (Å²) in [6.07, 6.45) is 0.0728. The Hall–Kier alpha value is -2.08. The van der Waals surface area contributed by atoms with Crippen LogP contribution in [0.15, 0.2) is 18.2 Å². The molecule has 90 valence electrons. The minimum atomic E-state index is -0.664. The molecule has 1 aliphatic heterocycles. The Morgan fingerprint density at radius 2 is 2.00 bits per heavy atom. The van der Waals surface area contributed by atoms with Crippen LogP contribution in [0.3, 0.4) is 0 Å². The van der Waals surface area contributed by atoms with Crippen LogP contribution in [0.2, 0.25) is 0 Å². The van der Waals surface area contributed by atoms with E-state index in [0.29, 0.717) is 5.56 Å². The van der Waals surface area contributed by atoms with Gasteiger partial charge in [-0.15, -0.1) is 0 Å². The van der Waals surface area contributed by atoms with Gasteiger partial charge in [-0.3, -0.25) is 14.8 Å². The van der Waals surface area contributed by atoms with Crippen molar-refractivity contribution in [3.63, 3.8) is 0 Å². The molecule has 1 unspecified atom stereocenters. The monoisotopic (exact) mass is 237 g/mol. The van der Waals surface area contributed by atoms with Gasteiger partial charge in [-0.1, -0.05) is 6.07 Å². The smallest absolute Gasteiger partial charge is 0.257 e. The molecule has 3 N–H and O–H groups in total. The molecule has 1 aliphatic rings. The standard InChI is InChI=1S/C11H11NO5/c13-8-2-1-6(9(14)5-8)3-7-4-10(15)12(17)11(7)16/h1-2,5,7,13-14,17H,3-4H2. The maximum Gasteiger partial charge on any atom is 0.257 e. The number of carbonyl (C=O) groups excluding carboxylic acids is 2. The predicted molar refractivity (Wildman–Crippen MR) is 55.2 cm³/mol. The largest absolute Gasteiger partial charge is 0.508 e. The van der Waals surface area contributed by atoms with Crippen LogP contribution in [-0.4, -0.2) is 32.3 Å². The summed E-state index contributed by atoms with van der Waals surface area (Å²) in [5, 5.41) is 27.8. The van der Waals surface area contributed by atoms with E-state index in [1.54, 1.807) is 0 Å². The summed E-state index contributed by atoms with van der Waals surface area (Å²) in [5.41, 5.74) is 0.448. The van der Waals surface area contributed by atoms with Crippen LogP contribution in [0.25, 0.3) is 0 Å². The number of amides is 2. The molecule has 2 amide bonds. The van der Waals surface area contributed by atoms with E-state index in [0.717, 1.165) is 6.07 Å². The summed E-state index contributed by atoms with van der Waals surface area (Å²) >= 11 is 0. The van der Waals surface area contributed by atoms with E-state index >= 15 is 0 Å². The lowest BCUT2D eigenvalue weighted by molar-refractivity contribution is -0.172. The van der Waals surface area contributed by atoms with E-state index in [1.165, 1.54) is 12.1 Å². The quantitative estimate of drug-likeness (QED) is 0.511. The Balaban J connectivity index is 2.17. The van der Waals surface area contributed by atoms with Crippen molar-refractivity contribution in [2.24, 2.45) is 5.92 Å². The van der Waals surface area contributed by atoms with Crippen molar-refractivity contribution in [1.29, 1.82) is 0 Å². The highest BCUT2D eigenvalue weighted by atomic mass is 16.5. The van der Waals surface area contributed by atoms with Crippen LogP contribution in [0.4, 0.5) is 0 Å². The molecular weight excluding hydrogens is 226 g/mol. The van der Waals surface area contributed by atoms with Gasteiger partial charge in [-0.25, -0.2) is 0 Å². The van der Waals surface area contributed by atoms with Crippen LogP contribution >= 0.6 is 0 Å². The lowest BCUT2D eigenvalue weighted by Gasteiger charge is -2.09. The fourth-order valence-corrected chi connectivity index (χ4v) is 1.83. The Morgan fingerprint density at radius 3 is 2.53 bits per heavy atom. The topological polar surface area (TPSA) is 98.1 Å². The molecule has 0 bridgehead atoms. The van der Waals surface area contributed by atoms with E-state index in [9.17, 15) is 14.7 Å².